The van der Waals surface area contributed by atoms with Crippen LogP contribution < -0.4 is 4.74 Å². The second-order valence-electron chi connectivity index (χ2n) is 6.12. The summed E-state index contributed by atoms with van der Waals surface area (Å²) < 4.78 is 5.29. The Morgan fingerprint density at radius 2 is 1.52 bits per heavy atom. The standard InChI is InChI=1S/C23H19NO/c1-16-7-6-10-20-21(17-11-13-19(25-2)14-12-17)15-22(24-23(16)20)18-8-4-3-5-9-18/h3-15H,1-2H3. The van der Waals surface area contributed by atoms with E-state index in [0.29, 0.717) is 0 Å². The van der Waals surface area contributed by atoms with E-state index < -0.39 is 0 Å². The van der Waals surface area contributed by atoms with Gasteiger partial charge in [0.05, 0.1) is 18.3 Å². The fourth-order valence-corrected chi connectivity index (χ4v) is 3.16. The molecule has 25 heavy (non-hydrogen) atoms. The molecule has 2 nitrogen and oxygen atoms in total. The minimum absolute atomic E-state index is 0.863. The molecule has 0 aliphatic heterocycles. The van der Waals surface area contributed by atoms with Crippen molar-refractivity contribution in [1.82, 2.24) is 4.98 Å². The summed E-state index contributed by atoms with van der Waals surface area (Å²) >= 11 is 0. The van der Waals surface area contributed by atoms with Gasteiger partial charge in [0.15, 0.2) is 0 Å². The van der Waals surface area contributed by atoms with E-state index in [2.05, 4.69) is 55.5 Å². The van der Waals surface area contributed by atoms with E-state index in [-0.39, 0.29) is 0 Å². The van der Waals surface area contributed by atoms with Gasteiger partial charge < -0.3 is 4.74 Å². The Bertz CT molecular complexity index is 1020. The van der Waals surface area contributed by atoms with Crippen LogP contribution >= 0.6 is 0 Å². The van der Waals surface area contributed by atoms with Crippen molar-refractivity contribution >= 4 is 10.9 Å². The summed E-state index contributed by atoms with van der Waals surface area (Å²) in [5.74, 6) is 0.863. The predicted molar refractivity (Wildman–Crippen MR) is 104 cm³/mol. The molecule has 0 aliphatic carbocycles. The third-order valence-electron chi connectivity index (χ3n) is 4.51. The number of aromatic nitrogens is 1. The van der Waals surface area contributed by atoms with Gasteiger partial charge in [-0.25, -0.2) is 4.98 Å². The first-order valence-electron chi connectivity index (χ1n) is 8.36. The number of hydrogen-bond donors (Lipinski definition) is 0. The van der Waals surface area contributed by atoms with Crippen molar-refractivity contribution in [1.29, 1.82) is 0 Å². The summed E-state index contributed by atoms with van der Waals surface area (Å²) in [6.45, 7) is 2.11. The molecule has 0 aliphatic rings. The molecular formula is C23H19NO. The number of pyridine rings is 1. The smallest absolute Gasteiger partial charge is 0.118 e. The Morgan fingerprint density at radius 1 is 0.760 bits per heavy atom. The maximum absolute atomic E-state index is 5.29. The van der Waals surface area contributed by atoms with Crippen LogP contribution in [-0.2, 0) is 0 Å². The lowest BCUT2D eigenvalue weighted by Gasteiger charge is -2.12. The summed E-state index contributed by atoms with van der Waals surface area (Å²) in [4.78, 5) is 4.94. The average molecular weight is 325 g/mol. The number of fused-ring (bicyclic) bond motifs is 1. The van der Waals surface area contributed by atoms with Crippen molar-refractivity contribution in [2.24, 2.45) is 0 Å². The van der Waals surface area contributed by atoms with Crippen molar-refractivity contribution < 1.29 is 4.74 Å². The van der Waals surface area contributed by atoms with Crippen LogP contribution in [0, 0.1) is 6.92 Å². The summed E-state index contributed by atoms with van der Waals surface area (Å²) in [6, 6.07) is 27.1. The van der Waals surface area contributed by atoms with Crippen LogP contribution in [0.25, 0.3) is 33.3 Å². The molecule has 0 saturated heterocycles. The normalized spacial score (nSPS) is 10.8. The minimum Gasteiger partial charge on any atom is -0.497 e. The Balaban J connectivity index is 1.99. The molecule has 0 radical (unpaired) electrons. The van der Waals surface area contributed by atoms with Crippen molar-refractivity contribution in [3.8, 4) is 28.1 Å². The van der Waals surface area contributed by atoms with E-state index >= 15 is 0 Å². The molecule has 0 saturated carbocycles. The van der Waals surface area contributed by atoms with E-state index in [1.807, 2.05) is 30.3 Å². The highest BCUT2D eigenvalue weighted by Crippen LogP contribution is 2.33. The van der Waals surface area contributed by atoms with Gasteiger partial charge in [0.25, 0.3) is 0 Å². The molecule has 122 valence electrons. The molecule has 3 aromatic carbocycles. The van der Waals surface area contributed by atoms with Crippen LogP contribution in [-0.4, -0.2) is 12.1 Å². The molecule has 4 rings (SSSR count). The Hall–Kier alpha value is -3.13. The highest BCUT2D eigenvalue weighted by Gasteiger charge is 2.11. The zero-order chi connectivity index (χ0) is 17.2. The van der Waals surface area contributed by atoms with Gasteiger partial charge in [-0.3, -0.25) is 0 Å². The molecular weight excluding hydrogens is 306 g/mol. The Kier molecular flexibility index (Phi) is 3.95. The van der Waals surface area contributed by atoms with E-state index in [4.69, 9.17) is 9.72 Å². The number of rotatable bonds is 3. The van der Waals surface area contributed by atoms with E-state index in [0.717, 1.165) is 28.1 Å². The van der Waals surface area contributed by atoms with Gasteiger partial charge in [-0.15, -0.1) is 0 Å². The SMILES string of the molecule is COc1ccc(-c2cc(-c3ccccc3)nc3c(C)cccc23)cc1. The van der Waals surface area contributed by atoms with Gasteiger partial charge in [0.2, 0.25) is 0 Å². The fraction of sp³-hybridized carbons (Fsp3) is 0.0870. The zero-order valence-corrected chi connectivity index (χ0v) is 14.4. The van der Waals surface area contributed by atoms with Crippen LogP contribution in [0.15, 0.2) is 78.9 Å². The highest BCUT2D eigenvalue weighted by molar-refractivity contribution is 5.98. The van der Waals surface area contributed by atoms with Gasteiger partial charge in [0.1, 0.15) is 5.75 Å². The number of nitrogens with zero attached hydrogens (tertiary/aromatic N) is 1. The topological polar surface area (TPSA) is 22.1 Å². The first-order chi connectivity index (χ1) is 12.3. The zero-order valence-electron chi connectivity index (χ0n) is 14.4. The number of ether oxygens (including phenoxy) is 1. The lowest BCUT2D eigenvalue weighted by Crippen LogP contribution is -1.92. The van der Waals surface area contributed by atoms with Gasteiger partial charge in [-0.1, -0.05) is 60.7 Å². The Morgan fingerprint density at radius 3 is 2.24 bits per heavy atom. The van der Waals surface area contributed by atoms with Crippen LogP contribution in [0.2, 0.25) is 0 Å². The van der Waals surface area contributed by atoms with Gasteiger partial charge in [-0.05, 0) is 41.8 Å². The van der Waals surface area contributed by atoms with Crippen LogP contribution in [0.4, 0.5) is 0 Å². The molecule has 0 atom stereocenters. The van der Waals surface area contributed by atoms with E-state index in [1.165, 1.54) is 16.5 Å². The molecule has 0 amide bonds. The average Bonchev–Trinajstić information content (AvgIpc) is 2.68. The largest absolute Gasteiger partial charge is 0.497 e. The lowest BCUT2D eigenvalue weighted by atomic mass is 9.97. The van der Waals surface area contributed by atoms with Crippen LogP contribution in [0.1, 0.15) is 5.56 Å². The second-order valence-corrected chi connectivity index (χ2v) is 6.12. The minimum atomic E-state index is 0.863. The maximum Gasteiger partial charge on any atom is 0.118 e. The third kappa shape index (κ3) is 2.87. The van der Waals surface area contributed by atoms with Crippen molar-refractivity contribution in [3.63, 3.8) is 0 Å². The van der Waals surface area contributed by atoms with Gasteiger partial charge >= 0.3 is 0 Å². The highest BCUT2D eigenvalue weighted by atomic mass is 16.5. The van der Waals surface area contributed by atoms with Gasteiger partial charge in [0, 0.05) is 10.9 Å². The molecule has 1 heterocycles. The van der Waals surface area contributed by atoms with E-state index in [1.54, 1.807) is 7.11 Å². The maximum atomic E-state index is 5.29. The predicted octanol–water partition coefficient (Wildman–Crippen LogP) is 5.89. The fourth-order valence-electron chi connectivity index (χ4n) is 3.16. The lowest BCUT2D eigenvalue weighted by molar-refractivity contribution is 0.415. The molecule has 0 bridgehead atoms. The number of para-hydroxylation sites is 1. The Labute approximate surface area is 147 Å². The van der Waals surface area contributed by atoms with E-state index in [9.17, 15) is 0 Å². The van der Waals surface area contributed by atoms with Crippen molar-refractivity contribution in [3.05, 3.63) is 84.4 Å². The van der Waals surface area contributed by atoms with Gasteiger partial charge in [-0.2, -0.15) is 0 Å². The molecule has 2 heteroatoms. The molecule has 0 N–H and O–H groups in total. The third-order valence-corrected chi connectivity index (χ3v) is 4.51. The summed E-state index contributed by atoms with van der Waals surface area (Å²) in [7, 11) is 1.69. The number of methoxy groups -OCH3 is 1. The van der Waals surface area contributed by atoms with Crippen molar-refractivity contribution in [2.75, 3.05) is 7.11 Å². The van der Waals surface area contributed by atoms with Crippen molar-refractivity contribution in [2.45, 2.75) is 6.92 Å². The monoisotopic (exact) mass is 325 g/mol. The van der Waals surface area contributed by atoms with Crippen LogP contribution in [0.3, 0.4) is 0 Å². The number of aryl methyl sites for hydroxylation is 1. The summed E-state index contributed by atoms with van der Waals surface area (Å²) in [5.41, 5.74) is 6.71. The van der Waals surface area contributed by atoms with Crippen LogP contribution in [0.5, 0.6) is 5.75 Å². The second kappa shape index (κ2) is 6.40. The molecule has 1 aromatic heterocycles. The molecule has 0 unspecified atom stereocenters. The number of benzene rings is 3. The summed E-state index contributed by atoms with van der Waals surface area (Å²) in [5, 5.41) is 1.17. The quantitative estimate of drug-likeness (QED) is 0.469. The molecule has 4 aromatic rings. The molecule has 0 fully saturated rings. The number of hydrogen-bond acceptors (Lipinski definition) is 2. The molecule has 0 spiro atoms. The first-order valence-corrected chi connectivity index (χ1v) is 8.36. The summed E-state index contributed by atoms with van der Waals surface area (Å²) in [6.07, 6.45) is 0. The first kappa shape index (κ1) is 15.4.